The first-order valence-electron chi connectivity index (χ1n) is 36.2. The number of hydrogen-bond donors (Lipinski definition) is 1. The van der Waals surface area contributed by atoms with Crippen LogP contribution in [0.15, 0.2) is 221 Å². The monoisotopic (exact) mass is 1450 g/mol. The number of hydrogen-bond acceptors (Lipinski definition) is 6. The number of thiol groups is 1. The molecule has 1 radical (unpaired) electrons. The molecule has 0 amide bonds. The summed E-state index contributed by atoms with van der Waals surface area (Å²) in [5.74, 6) is 0. The van der Waals surface area contributed by atoms with Gasteiger partial charge in [0.25, 0.3) is 6.71 Å². The van der Waals surface area contributed by atoms with Crippen LogP contribution in [0.3, 0.4) is 0 Å². The molecular weight excluding hydrogens is 1340 g/mol. The Hall–Kier alpha value is -7.55. The Kier molecular flexibility index (Phi) is 21.8. The quantitative estimate of drug-likeness (QED) is 0.121. The molecule has 2 heterocycles. The van der Waals surface area contributed by atoms with Crippen LogP contribution in [0.4, 0.5) is 68.2 Å². The normalized spacial score (nSPS) is 13.2. The van der Waals surface area contributed by atoms with E-state index in [1.54, 1.807) is 0 Å². The third kappa shape index (κ3) is 16.4. The van der Waals surface area contributed by atoms with Crippen molar-refractivity contribution >= 4 is 139 Å². The van der Waals surface area contributed by atoms with Gasteiger partial charge in [-0.15, -0.1) is 0 Å². The van der Waals surface area contributed by atoms with E-state index in [-0.39, 0.29) is 50.0 Å². The molecule has 10 aromatic rings. The summed E-state index contributed by atoms with van der Waals surface area (Å²) >= 11 is 14.9. The maximum atomic E-state index is 7.63. The molecule has 0 atom stereocenters. The Bertz CT molecular complexity index is 4350. The molecule has 10 aromatic carbocycles. The van der Waals surface area contributed by atoms with Crippen molar-refractivity contribution in [2.45, 2.75) is 209 Å². The number of halogens is 2. The molecule has 0 spiro atoms. The van der Waals surface area contributed by atoms with Crippen molar-refractivity contribution in [2.24, 2.45) is 4.30 Å². The molecule has 2 aliphatic heterocycles. The molecular formula is C92H108B2BrClN5S. The summed E-state index contributed by atoms with van der Waals surface area (Å²) in [5, 5.41) is 0.682. The molecule has 12 rings (SSSR count). The van der Waals surface area contributed by atoms with E-state index in [4.69, 9.17) is 11.6 Å². The second-order valence-electron chi connectivity index (χ2n) is 36.2. The van der Waals surface area contributed by atoms with Crippen molar-refractivity contribution in [2.75, 3.05) is 19.6 Å². The fourth-order valence-electron chi connectivity index (χ4n) is 13.8. The Labute approximate surface area is 634 Å². The minimum absolute atomic E-state index is 0.0141. The molecule has 0 saturated carbocycles. The van der Waals surface area contributed by atoms with Crippen LogP contribution in [0.25, 0.3) is 0 Å². The average molecular weight is 1450 g/mol. The van der Waals surface area contributed by atoms with Gasteiger partial charge in [0.05, 0.1) is 22.1 Å². The second kappa shape index (κ2) is 28.8. The third-order valence-corrected chi connectivity index (χ3v) is 21.2. The van der Waals surface area contributed by atoms with Crippen molar-refractivity contribution in [3.8, 4) is 0 Å². The standard InChI is InChI=1S/C46H52BBrN2.C46H55ClN2.BHNS/c1-43(2,3)29-13-19-33(20-14-29)49-38-24-17-31(45(7,8)9)27-35(38)47-36-28-32(46(10,11)12)18-25-39(36)50(42-37(48)23-26-40(49)41(42)47)34-21-15-30(16-22-34)44(4,5)6;1-43(2,3)32-16-24-36(25-17-32)48(37-26-18-33(19-27-37)44(4,5)6)40-14-13-15-41(42(40)47)49(38-28-20-34(21-29-38)45(7,8)9)39-30-22-35(23-31-39)46(10,11)12;1-2-3/h13-28H,1-12H3;13-31H,1-12H3;3H. The Balaban J connectivity index is 0.000000212. The number of rotatable bonds is 8. The van der Waals surface area contributed by atoms with E-state index < -0.39 is 0 Å². The maximum absolute atomic E-state index is 7.63. The van der Waals surface area contributed by atoms with Gasteiger partial charge in [0.15, 0.2) is 0 Å². The zero-order chi connectivity index (χ0) is 74.8. The Morgan fingerprint density at radius 1 is 0.343 bits per heavy atom. The minimum atomic E-state index is 0.0141. The van der Waals surface area contributed by atoms with Gasteiger partial charge in [-0.3, -0.25) is 0 Å². The van der Waals surface area contributed by atoms with E-state index in [9.17, 15) is 0 Å². The first-order valence-corrected chi connectivity index (χ1v) is 37.8. The molecule has 0 saturated heterocycles. The van der Waals surface area contributed by atoms with Crippen LogP contribution >= 0.6 is 40.3 Å². The number of benzene rings is 10. The van der Waals surface area contributed by atoms with Gasteiger partial charge in [0.2, 0.25) is 0 Å². The summed E-state index contributed by atoms with van der Waals surface area (Å²) in [4.78, 5) is 9.59. The molecule has 102 heavy (non-hydrogen) atoms. The summed E-state index contributed by atoms with van der Waals surface area (Å²) in [7, 11) is 4.34. The number of fused-ring (bicyclic) bond motifs is 4. The van der Waals surface area contributed by atoms with Gasteiger partial charge in [-0.05, 0) is 229 Å². The van der Waals surface area contributed by atoms with E-state index >= 15 is 0 Å². The van der Waals surface area contributed by atoms with Crippen LogP contribution < -0.4 is 36.0 Å². The van der Waals surface area contributed by atoms with Gasteiger partial charge in [-0.2, -0.15) is 0 Å². The van der Waals surface area contributed by atoms with Crippen LogP contribution in [-0.4, -0.2) is 14.4 Å². The van der Waals surface area contributed by atoms with Gasteiger partial charge in [-0.1, -0.05) is 281 Å². The van der Waals surface area contributed by atoms with E-state index in [1.807, 2.05) is 0 Å². The zero-order valence-electron chi connectivity index (χ0n) is 65.3. The van der Waals surface area contributed by atoms with Crippen molar-refractivity contribution in [3.63, 3.8) is 0 Å². The predicted octanol–water partition coefficient (Wildman–Crippen LogP) is 26.4. The van der Waals surface area contributed by atoms with E-state index in [1.165, 1.54) is 95.0 Å². The van der Waals surface area contributed by atoms with Gasteiger partial charge >= 0.3 is 24.8 Å². The van der Waals surface area contributed by atoms with Crippen LogP contribution in [0.1, 0.15) is 211 Å². The van der Waals surface area contributed by atoms with E-state index in [0.29, 0.717) is 5.02 Å². The average Bonchev–Trinajstić information content (AvgIpc) is 0.694. The van der Waals surface area contributed by atoms with E-state index in [2.05, 4.69) is 439 Å². The molecule has 0 aliphatic carbocycles. The van der Waals surface area contributed by atoms with Crippen LogP contribution in [-0.2, 0) is 43.3 Å². The summed E-state index contributed by atoms with van der Waals surface area (Å²) in [5.41, 5.74) is 28.4. The van der Waals surface area contributed by atoms with Crippen LogP contribution in [0.2, 0.25) is 5.02 Å². The van der Waals surface area contributed by atoms with Crippen LogP contribution in [0.5, 0.6) is 0 Å². The van der Waals surface area contributed by atoms with Crippen molar-refractivity contribution < 1.29 is 0 Å². The number of anilines is 12. The molecule has 0 aromatic heterocycles. The van der Waals surface area contributed by atoms with Gasteiger partial charge in [0.1, 0.15) is 0 Å². The van der Waals surface area contributed by atoms with Gasteiger partial charge < -0.3 is 19.6 Å². The zero-order valence-corrected chi connectivity index (χ0v) is 68.5. The van der Waals surface area contributed by atoms with E-state index in [0.717, 1.165) is 38.6 Å². The molecule has 527 valence electrons. The van der Waals surface area contributed by atoms with Gasteiger partial charge in [-0.25, -0.2) is 0 Å². The predicted molar refractivity (Wildman–Crippen MR) is 456 cm³/mol. The van der Waals surface area contributed by atoms with Crippen molar-refractivity contribution in [1.82, 2.24) is 0 Å². The summed E-state index contributed by atoms with van der Waals surface area (Å²) in [6.45, 7) is 54.8. The first-order chi connectivity index (χ1) is 47.4. The first kappa shape index (κ1) is 77.1. The van der Waals surface area contributed by atoms with Gasteiger partial charge in [0, 0.05) is 55.7 Å². The third-order valence-electron chi connectivity index (χ3n) is 20.2. The molecule has 0 unspecified atom stereocenters. The molecule has 0 bridgehead atoms. The molecule has 10 heteroatoms. The number of nitrogens with zero attached hydrogens (tertiary/aromatic N) is 5. The van der Waals surface area contributed by atoms with Crippen molar-refractivity contribution in [3.05, 3.63) is 266 Å². The second-order valence-corrected chi connectivity index (χ2v) is 37.6. The Morgan fingerprint density at radius 2 is 0.588 bits per heavy atom. The van der Waals surface area contributed by atoms with Crippen molar-refractivity contribution in [1.29, 1.82) is 0 Å². The topological polar surface area (TPSA) is 25.3 Å². The fraction of sp³-hybridized carbons (Fsp3) is 0.348. The molecule has 0 fully saturated rings. The summed E-state index contributed by atoms with van der Waals surface area (Å²) in [6, 6.07) is 79.6. The van der Waals surface area contributed by atoms with Crippen LogP contribution in [0, 0.1) is 0 Å². The summed E-state index contributed by atoms with van der Waals surface area (Å²) < 4.78 is 3.80. The molecule has 2 aliphatic rings. The summed E-state index contributed by atoms with van der Waals surface area (Å²) in [6.07, 6.45) is 0. The molecule has 5 nitrogen and oxygen atoms in total. The Morgan fingerprint density at radius 3 is 0.873 bits per heavy atom. The fourth-order valence-corrected chi connectivity index (χ4v) is 14.7. The molecule has 0 N–H and O–H groups in total. The SMILES string of the molecule is CC(C)(C)c1ccc(N(c2ccc(C(C)(C)C)cc2)c2cccc(N(c3ccc(C(C)(C)C)cc3)c3ccc(C(C)(C)C)cc3)c2Cl)cc1.CC(C)(C)c1ccc(N2c3ccc(C(C)(C)C)cc3B3c4cc(C(C)(C)C)ccc4N(c4ccc(C(C)(C)C)cc4)c4c(Br)ccc2c43)cc1.[B]=NS.